The minimum absolute atomic E-state index is 0.176. The maximum absolute atomic E-state index is 11.7. The van der Waals surface area contributed by atoms with Crippen LogP contribution in [0.25, 0.3) is 16.5 Å². The minimum Gasteiger partial charge on any atom is -0.401 e. The molecule has 0 amide bonds. The van der Waals surface area contributed by atoms with Gasteiger partial charge in [0, 0.05) is 24.1 Å². The van der Waals surface area contributed by atoms with E-state index < -0.39 is 0 Å². The third kappa shape index (κ3) is 1.43. The highest BCUT2D eigenvalue weighted by Crippen LogP contribution is 2.19. The van der Waals surface area contributed by atoms with E-state index in [-0.39, 0.29) is 5.78 Å². The van der Waals surface area contributed by atoms with Crippen molar-refractivity contribution in [3.63, 3.8) is 0 Å². The molecule has 0 spiro atoms. The van der Waals surface area contributed by atoms with Crippen LogP contribution in [0.2, 0.25) is 0 Å². The SMILES string of the molecule is NC1=c2cc3ccc4c(c3cc2CC(=O)C1)C=NN=4. The second-order valence-corrected chi connectivity index (χ2v) is 4.99. The number of hydrogen-bond donors (Lipinski definition) is 1. The molecule has 4 nitrogen and oxygen atoms in total. The van der Waals surface area contributed by atoms with Crippen molar-refractivity contribution in [2.45, 2.75) is 12.8 Å². The van der Waals surface area contributed by atoms with E-state index in [9.17, 15) is 4.79 Å². The van der Waals surface area contributed by atoms with Gasteiger partial charge in [0.05, 0.1) is 11.6 Å². The third-order valence-corrected chi connectivity index (χ3v) is 3.74. The van der Waals surface area contributed by atoms with E-state index in [0.29, 0.717) is 18.5 Å². The molecule has 2 aliphatic rings. The molecule has 0 saturated heterocycles. The van der Waals surface area contributed by atoms with Gasteiger partial charge in [0.15, 0.2) is 0 Å². The van der Waals surface area contributed by atoms with Gasteiger partial charge in [0.25, 0.3) is 0 Å². The van der Waals surface area contributed by atoms with Crippen LogP contribution >= 0.6 is 0 Å². The number of Topliss-reactive ketones (excluding diaryl/α,β-unsaturated/α-hetero) is 1. The topological polar surface area (TPSA) is 67.8 Å². The van der Waals surface area contributed by atoms with Crippen LogP contribution < -0.4 is 16.3 Å². The Morgan fingerprint density at radius 1 is 1.16 bits per heavy atom. The molecule has 0 aromatic heterocycles. The van der Waals surface area contributed by atoms with Gasteiger partial charge in [-0.05, 0) is 39.8 Å². The number of carbonyl (C=O) groups excluding carboxylic acids is 1. The Morgan fingerprint density at radius 2 is 2.05 bits per heavy atom. The van der Waals surface area contributed by atoms with Crippen molar-refractivity contribution in [3.8, 4) is 0 Å². The highest BCUT2D eigenvalue weighted by atomic mass is 16.1. The number of nitrogens with two attached hydrogens (primary N) is 1. The van der Waals surface area contributed by atoms with Gasteiger partial charge in [-0.2, -0.15) is 10.2 Å². The number of fused-ring (bicyclic) bond motifs is 4. The van der Waals surface area contributed by atoms with Crippen LogP contribution in [0.4, 0.5) is 0 Å². The van der Waals surface area contributed by atoms with Gasteiger partial charge in [0.2, 0.25) is 0 Å². The van der Waals surface area contributed by atoms with E-state index in [1.807, 2.05) is 12.1 Å². The summed E-state index contributed by atoms with van der Waals surface area (Å²) >= 11 is 0. The lowest BCUT2D eigenvalue weighted by Gasteiger charge is -2.13. The number of ketones is 1. The third-order valence-electron chi connectivity index (χ3n) is 3.74. The molecule has 1 heterocycles. The molecule has 0 fully saturated rings. The van der Waals surface area contributed by atoms with E-state index in [1.165, 1.54) is 0 Å². The summed E-state index contributed by atoms with van der Waals surface area (Å²) in [4.78, 5) is 11.7. The molecule has 0 saturated carbocycles. The molecule has 1 aliphatic heterocycles. The van der Waals surface area contributed by atoms with E-state index in [1.54, 1.807) is 6.21 Å². The molecule has 0 bridgehead atoms. The predicted molar refractivity (Wildman–Crippen MR) is 73.2 cm³/mol. The normalized spacial score (nSPS) is 16.4. The highest BCUT2D eigenvalue weighted by Gasteiger charge is 2.16. The first-order valence-corrected chi connectivity index (χ1v) is 6.19. The zero-order valence-electron chi connectivity index (χ0n) is 10.2. The number of carbonyl (C=O) groups is 1. The van der Waals surface area contributed by atoms with E-state index in [4.69, 9.17) is 5.73 Å². The van der Waals surface area contributed by atoms with Crippen LogP contribution in [0.5, 0.6) is 0 Å². The van der Waals surface area contributed by atoms with Crippen LogP contribution in [0.15, 0.2) is 34.5 Å². The van der Waals surface area contributed by atoms with Gasteiger partial charge >= 0.3 is 0 Å². The minimum atomic E-state index is 0.176. The predicted octanol–water partition coefficient (Wildman–Crippen LogP) is 0.389. The summed E-state index contributed by atoms with van der Waals surface area (Å²) in [6.45, 7) is 0. The van der Waals surface area contributed by atoms with E-state index in [0.717, 1.165) is 32.5 Å². The first-order valence-electron chi connectivity index (χ1n) is 6.19. The molecule has 0 atom stereocenters. The smallest absolute Gasteiger partial charge is 0.143 e. The van der Waals surface area contributed by atoms with Gasteiger partial charge in [0.1, 0.15) is 5.78 Å². The van der Waals surface area contributed by atoms with Crippen molar-refractivity contribution < 1.29 is 4.79 Å². The standard InChI is InChI=1S/C15H11N3O/c16-14-6-10(19)3-9-5-11-8(4-12(9)14)1-2-15-13(11)7-17-18-15/h1-2,4-5,7H,3,6,16H2. The first kappa shape index (κ1) is 10.4. The Bertz CT molecular complexity index is 894. The Morgan fingerprint density at radius 3 is 2.95 bits per heavy atom. The Labute approximate surface area is 108 Å². The van der Waals surface area contributed by atoms with Crippen molar-refractivity contribution in [2.75, 3.05) is 0 Å². The molecular formula is C15H11N3O. The summed E-state index contributed by atoms with van der Waals surface area (Å²) in [7, 11) is 0. The molecule has 92 valence electrons. The molecule has 4 rings (SSSR count). The van der Waals surface area contributed by atoms with E-state index >= 15 is 0 Å². The Hall–Kier alpha value is -2.49. The molecule has 0 unspecified atom stereocenters. The number of hydrogen-bond acceptors (Lipinski definition) is 4. The van der Waals surface area contributed by atoms with Crippen molar-refractivity contribution in [2.24, 2.45) is 15.9 Å². The summed E-state index contributed by atoms with van der Waals surface area (Å²) in [5.74, 6) is 0.176. The second kappa shape index (κ2) is 3.51. The zero-order chi connectivity index (χ0) is 13.0. The molecule has 19 heavy (non-hydrogen) atoms. The van der Waals surface area contributed by atoms with Gasteiger partial charge in [-0.3, -0.25) is 4.79 Å². The highest BCUT2D eigenvalue weighted by molar-refractivity contribution is 6.01. The number of benzene rings is 2. The molecular weight excluding hydrogens is 238 g/mol. The molecule has 1 aliphatic carbocycles. The van der Waals surface area contributed by atoms with Crippen LogP contribution in [-0.2, 0) is 11.2 Å². The molecule has 2 aromatic rings. The van der Waals surface area contributed by atoms with Gasteiger partial charge in [-0.25, -0.2) is 0 Å². The summed E-state index contributed by atoms with van der Waals surface area (Å²) < 4.78 is 0. The number of rotatable bonds is 0. The fourth-order valence-electron chi connectivity index (χ4n) is 2.83. The molecule has 0 radical (unpaired) electrons. The number of nitrogens with zero attached hydrogens (tertiary/aromatic N) is 2. The zero-order valence-corrected chi connectivity index (χ0v) is 10.2. The Balaban J connectivity index is 2.16. The lowest BCUT2D eigenvalue weighted by Crippen LogP contribution is -2.27. The molecule has 2 aromatic carbocycles. The fourth-order valence-corrected chi connectivity index (χ4v) is 2.83. The lowest BCUT2D eigenvalue weighted by molar-refractivity contribution is -0.117. The van der Waals surface area contributed by atoms with Crippen LogP contribution in [-0.4, -0.2) is 12.0 Å². The van der Waals surface area contributed by atoms with Crippen LogP contribution in [0.3, 0.4) is 0 Å². The maximum Gasteiger partial charge on any atom is 0.143 e. The average molecular weight is 249 g/mol. The summed E-state index contributed by atoms with van der Waals surface area (Å²) in [6, 6.07) is 8.11. The Kier molecular flexibility index (Phi) is 1.93. The maximum atomic E-state index is 11.7. The quantitative estimate of drug-likeness (QED) is 0.733. The van der Waals surface area contributed by atoms with Crippen molar-refractivity contribution in [1.29, 1.82) is 0 Å². The fraction of sp³-hybridized carbons (Fsp3) is 0.133. The monoisotopic (exact) mass is 249 g/mol. The summed E-state index contributed by atoms with van der Waals surface area (Å²) in [5, 5.41) is 12.1. The van der Waals surface area contributed by atoms with Gasteiger partial charge in [-0.1, -0.05) is 6.07 Å². The summed E-state index contributed by atoms with van der Waals surface area (Å²) in [5.41, 5.74) is 8.70. The van der Waals surface area contributed by atoms with Crippen molar-refractivity contribution in [1.82, 2.24) is 0 Å². The average Bonchev–Trinajstić information content (AvgIpc) is 2.85. The molecule has 4 heteroatoms. The molecule has 2 N–H and O–H groups in total. The summed E-state index contributed by atoms with van der Waals surface area (Å²) in [6.07, 6.45) is 2.59. The first-order chi connectivity index (χ1) is 9.22. The second-order valence-electron chi connectivity index (χ2n) is 4.99. The van der Waals surface area contributed by atoms with Gasteiger partial charge in [-0.15, -0.1) is 0 Å². The van der Waals surface area contributed by atoms with Crippen molar-refractivity contribution in [3.05, 3.63) is 46.0 Å². The van der Waals surface area contributed by atoms with Crippen LogP contribution in [0, 0.1) is 0 Å². The van der Waals surface area contributed by atoms with Gasteiger partial charge < -0.3 is 5.73 Å². The van der Waals surface area contributed by atoms with Crippen molar-refractivity contribution >= 4 is 28.5 Å². The van der Waals surface area contributed by atoms with E-state index in [2.05, 4.69) is 22.3 Å². The largest absolute Gasteiger partial charge is 0.401 e. The lowest BCUT2D eigenvalue weighted by atomic mass is 9.92. The van der Waals surface area contributed by atoms with Crippen LogP contribution in [0.1, 0.15) is 17.5 Å².